The van der Waals surface area contributed by atoms with Gasteiger partial charge in [0.1, 0.15) is 0 Å². The van der Waals surface area contributed by atoms with E-state index in [1.165, 1.54) is 0 Å². The molecule has 0 unspecified atom stereocenters. The molecule has 0 saturated heterocycles. The van der Waals surface area contributed by atoms with Gasteiger partial charge in [0.15, 0.2) is 0 Å². The highest BCUT2D eigenvalue weighted by atomic mass is 16.6. The van der Waals surface area contributed by atoms with Gasteiger partial charge in [0, 0.05) is 5.56 Å². The predicted molar refractivity (Wildman–Crippen MR) is 40.5 cm³/mol. The Morgan fingerprint density at radius 2 is 1.92 bits per heavy atom. The lowest BCUT2D eigenvalue weighted by molar-refractivity contribution is 0.335. The highest BCUT2D eigenvalue weighted by molar-refractivity contribution is 5.51. The van der Waals surface area contributed by atoms with E-state index in [2.05, 4.69) is 14.1 Å². The minimum atomic E-state index is -0.783. The second-order valence-corrected chi connectivity index (χ2v) is 2.21. The van der Waals surface area contributed by atoms with Crippen molar-refractivity contribution in [3.8, 4) is 11.5 Å². The highest BCUT2D eigenvalue weighted by Gasteiger charge is 2.04. The molecule has 0 saturated carbocycles. The molecule has 0 aliphatic carbocycles. The van der Waals surface area contributed by atoms with Crippen molar-refractivity contribution >= 4 is 0 Å². The topological polar surface area (TPSA) is 56.2 Å². The summed E-state index contributed by atoms with van der Waals surface area (Å²) in [6.45, 7) is 0. The first-order chi connectivity index (χ1) is 5.86. The van der Waals surface area contributed by atoms with Crippen LogP contribution in [0.25, 0.3) is 11.5 Å². The molecule has 12 heavy (non-hydrogen) atoms. The molecule has 0 bridgehead atoms. The minimum absolute atomic E-state index is 0.209. The Morgan fingerprint density at radius 1 is 1.17 bits per heavy atom. The molecule has 0 atom stereocenters. The third-order valence-corrected chi connectivity index (χ3v) is 1.40. The third-order valence-electron chi connectivity index (χ3n) is 1.40. The zero-order valence-corrected chi connectivity index (χ0v) is 6.06. The van der Waals surface area contributed by atoms with Crippen LogP contribution >= 0.6 is 0 Å². The van der Waals surface area contributed by atoms with Crippen molar-refractivity contribution in [1.82, 2.24) is 5.16 Å². The van der Waals surface area contributed by atoms with E-state index >= 15 is 0 Å². The monoisotopic (exact) mass is 163 g/mol. The van der Waals surface area contributed by atoms with Crippen LogP contribution in [-0.2, 0) is 0 Å². The van der Waals surface area contributed by atoms with Gasteiger partial charge in [-0.15, -0.1) is 0 Å². The summed E-state index contributed by atoms with van der Waals surface area (Å²) in [4.78, 5) is 10.5. The predicted octanol–water partition coefficient (Wildman–Crippen LogP) is 1.29. The summed E-state index contributed by atoms with van der Waals surface area (Å²) in [7, 11) is 0. The van der Waals surface area contributed by atoms with Gasteiger partial charge in [-0.05, 0) is 17.3 Å². The molecule has 1 aromatic heterocycles. The van der Waals surface area contributed by atoms with Gasteiger partial charge in [-0.3, -0.25) is 4.52 Å². The van der Waals surface area contributed by atoms with Crippen LogP contribution in [0.5, 0.6) is 0 Å². The molecular weight excluding hydrogens is 158 g/mol. The first-order valence-electron chi connectivity index (χ1n) is 3.38. The maximum Gasteiger partial charge on any atom is 0.542 e. The summed E-state index contributed by atoms with van der Waals surface area (Å²) in [5.41, 5.74) is 0.725. The van der Waals surface area contributed by atoms with Crippen molar-refractivity contribution in [3.05, 3.63) is 40.9 Å². The third kappa shape index (κ3) is 1.14. The quantitative estimate of drug-likeness (QED) is 0.635. The molecule has 4 heteroatoms. The molecule has 0 radical (unpaired) electrons. The van der Waals surface area contributed by atoms with Crippen LogP contribution in [0, 0.1) is 0 Å². The molecule has 2 aromatic rings. The SMILES string of the molecule is O=c1onc(-c2ccccc2)o1. The Labute approximate surface area is 67.4 Å². The van der Waals surface area contributed by atoms with Gasteiger partial charge in [0.2, 0.25) is 0 Å². The highest BCUT2D eigenvalue weighted by Crippen LogP contribution is 2.13. The number of hydrogen-bond donors (Lipinski definition) is 0. The largest absolute Gasteiger partial charge is 0.542 e. The molecule has 0 fully saturated rings. The van der Waals surface area contributed by atoms with E-state index in [0.29, 0.717) is 0 Å². The van der Waals surface area contributed by atoms with Gasteiger partial charge in [-0.25, -0.2) is 4.79 Å². The second-order valence-electron chi connectivity index (χ2n) is 2.21. The zero-order chi connectivity index (χ0) is 8.39. The fraction of sp³-hybridized carbons (Fsp3) is 0. The molecule has 0 amide bonds. The molecule has 0 aliphatic heterocycles. The second kappa shape index (κ2) is 2.65. The lowest BCUT2D eigenvalue weighted by Gasteiger charge is -1.88. The maximum atomic E-state index is 10.5. The molecule has 2 rings (SSSR count). The zero-order valence-electron chi connectivity index (χ0n) is 6.06. The fourth-order valence-electron chi connectivity index (χ4n) is 0.887. The molecule has 0 aliphatic rings. The average molecular weight is 163 g/mol. The fourth-order valence-corrected chi connectivity index (χ4v) is 0.887. The van der Waals surface area contributed by atoms with Gasteiger partial charge in [-0.1, -0.05) is 18.2 Å². The van der Waals surface area contributed by atoms with Crippen LogP contribution in [-0.4, -0.2) is 5.16 Å². The molecular formula is C8H5NO3. The van der Waals surface area contributed by atoms with Crippen molar-refractivity contribution in [2.45, 2.75) is 0 Å². The molecule has 4 nitrogen and oxygen atoms in total. The molecule has 0 spiro atoms. The summed E-state index contributed by atoms with van der Waals surface area (Å²) >= 11 is 0. The standard InChI is InChI=1S/C8H5NO3/c10-8-11-7(9-12-8)6-4-2-1-3-5-6/h1-5H. The number of nitrogens with zero attached hydrogens (tertiary/aromatic N) is 1. The molecule has 1 aromatic carbocycles. The van der Waals surface area contributed by atoms with E-state index < -0.39 is 5.82 Å². The molecule has 1 heterocycles. The summed E-state index contributed by atoms with van der Waals surface area (Å²) in [5, 5.41) is 3.43. The van der Waals surface area contributed by atoms with E-state index in [1.807, 2.05) is 18.2 Å². The van der Waals surface area contributed by atoms with Crippen LogP contribution in [0.15, 0.2) is 44.1 Å². The van der Waals surface area contributed by atoms with E-state index in [4.69, 9.17) is 0 Å². The van der Waals surface area contributed by atoms with Crippen LogP contribution in [0.2, 0.25) is 0 Å². The van der Waals surface area contributed by atoms with E-state index in [1.54, 1.807) is 12.1 Å². The Bertz CT molecular complexity index is 415. The maximum absolute atomic E-state index is 10.5. The lowest BCUT2D eigenvalue weighted by Crippen LogP contribution is -1.85. The van der Waals surface area contributed by atoms with Gasteiger partial charge < -0.3 is 4.42 Å². The summed E-state index contributed by atoms with van der Waals surface area (Å²) < 4.78 is 8.88. The average Bonchev–Trinajstić information content (AvgIpc) is 2.54. The van der Waals surface area contributed by atoms with Gasteiger partial charge in [0.25, 0.3) is 5.89 Å². The Balaban J connectivity index is 2.51. The lowest BCUT2D eigenvalue weighted by atomic mass is 10.2. The van der Waals surface area contributed by atoms with E-state index in [-0.39, 0.29) is 5.89 Å². The number of rotatable bonds is 1. The molecule has 0 N–H and O–H groups in total. The van der Waals surface area contributed by atoms with Crippen molar-refractivity contribution in [3.63, 3.8) is 0 Å². The first-order valence-corrected chi connectivity index (χ1v) is 3.38. The Hall–Kier alpha value is -1.84. The van der Waals surface area contributed by atoms with Crippen LogP contribution < -0.4 is 5.82 Å². The van der Waals surface area contributed by atoms with Gasteiger partial charge in [-0.2, -0.15) is 0 Å². The van der Waals surface area contributed by atoms with Gasteiger partial charge in [0.05, 0.1) is 0 Å². The normalized spacial score (nSPS) is 10.0. The van der Waals surface area contributed by atoms with Crippen molar-refractivity contribution < 1.29 is 8.94 Å². The number of hydrogen-bond acceptors (Lipinski definition) is 4. The van der Waals surface area contributed by atoms with E-state index in [9.17, 15) is 4.79 Å². The van der Waals surface area contributed by atoms with Crippen molar-refractivity contribution in [1.29, 1.82) is 0 Å². The van der Waals surface area contributed by atoms with Crippen LogP contribution in [0.1, 0.15) is 0 Å². The smallest absolute Gasteiger partial charge is 0.370 e. The van der Waals surface area contributed by atoms with Crippen LogP contribution in [0.3, 0.4) is 0 Å². The summed E-state index contributed by atoms with van der Waals surface area (Å²) in [6.07, 6.45) is 0. The number of benzene rings is 1. The van der Waals surface area contributed by atoms with Crippen molar-refractivity contribution in [2.24, 2.45) is 0 Å². The summed E-state index contributed by atoms with van der Waals surface area (Å²) in [6, 6.07) is 9.07. The Morgan fingerprint density at radius 3 is 2.50 bits per heavy atom. The van der Waals surface area contributed by atoms with Crippen molar-refractivity contribution in [2.75, 3.05) is 0 Å². The van der Waals surface area contributed by atoms with Crippen LogP contribution in [0.4, 0.5) is 0 Å². The minimum Gasteiger partial charge on any atom is -0.370 e. The molecule has 60 valence electrons. The first kappa shape index (κ1) is 6.84. The Kier molecular flexibility index (Phi) is 1.51. The van der Waals surface area contributed by atoms with Gasteiger partial charge >= 0.3 is 5.82 Å². The number of aromatic nitrogens is 1. The van der Waals surface area contributed by atoms with E-state index in [0.717, 1.165) is 5.56 Å². The summed E-state index contributed by atoms with van der Waals surface area (Å²) in [5.74, 6) is -0.575.